The van der Waals surface area contributed by atoms with E-state index in [1.54, 1.807) is 4.68 Å². The Balaban J connectivity index is 1.77. The van der Waals surface area contributed by atoms with E-state index in [0.717, 1.165) is 65.6 Å². The number of hydrogen-bond donors (Lipinski definition) is 1. The first-order valence-electron chi connectivity index (χ1n) is 8.53. The maximum absolute atomic E-state index is 6.53. The van der Waals surface area contributed by atoms with E-state index < -0.39 is 0 Å². The number of allylic oxidation sites excluding steroid dienone is 1. The van der Waals surface area contributed by atoms with Gasteiger partial charge in [-0.15, -0.1) is 0 Å². The molecule has 0 aliphatic carbocycles. The molecule has 0 radical (unpaired) electrons. The second-order valence-corrected chi connectivity index (χ2v) is 6.63. The van der Waals surface area contributed by atoms with Crippen LogP contribution in [0.3, 0.4) is 0 Å². The van der Waals surface area contributed by atoms with Crippen LogP contribution in [0.2, 0.25) is 5.02 Å². The van der Waals surface area contributed by atoms with Crippen molar-refractivity contribution in [2.75, 3.05) is 31.1 Å². The lowest BCUT2D eigenvalue weighted by Crippen LogP contribution is -2.43. The Morgan fingerprint density at radius 2 is 2.04 bits per heavy atom. The number of anilines is 1. The first-order chi connectivity index (χ1) is 12.2. The molecule has 4 rings (SSSR count). The minimum Gasteiger partial charge on any atom is -0.368 e. The summed E-state index contributed by atoms with van der Waals surface area (Å²) in [5.74, 6) is 0. The van der Waals surface area contributed by atoms with E-state index in [1.165, 1.54) is 0 Å². The average Bonchev–Trinajstić information content (AvgIpc) is 3.27. The van der Waals surface area contributed by atoms with E-state index in [9.17, 15) is 0 Å². The number of rotatable bonds is 4. The summed E-state index contributed by atoms with van der Waals surface area (Å²) in [4.78, 5) is 2.32. The van der Waals surface area contributed by atoms with Gasteiger partial charge in [0.1, 0.15) is 5.69 Å². The van der Waals surface area contributed by atoms with E-state index in [0.29, 0.717) is 0 Å². The van der Waals surface area contributed by atoms with Crippen LogP contribution in [-0.2, 0) is 0 Å². The quantitative estimate of drug-likeness (QED) is 0.780. The van der Waals surface area contributed by atoms with Crippen LogP contribution in [0.15, 0.2) is 37.3 Å². The van der Waals surface area contributed by atoms with Crippen molar-refractivity contribution in [2.24, 2.45) is 0 Å². The lowest BCUT2D eigenvalue weighted by molar-refractivity contribution is 0.589. The van der Waals surface area contributed by atoms with Crippen LogP contribution in [0.25, 0.3) is 22.3 Å². The predicted octanol–water partition coefficient (Wildman–Crippen LogP) is 3.17. The van der Waals surface area contributed by atoms with Crippen LogP contribution in [0.4, 0.5) is 5.69 Å². The molecule has 1 saturated heterocycles. The van der Waals surface area contributed by atoms with Crippen molar-refractivity contribution < 1.29 is 0 Å². The minimum atomic E-state index is 0.768. The van der Waals surface area contributed by atoms with Crippen molar-refractivity contribution in [3.05, 3.63) is 42.3 Å². The molecule has 0 spiro atoms. The predicted molar refractivity (Wildman–Crippen MR) is 103 cm³/mol. The molecule has 1 N–H and O–H groups in total. The summed E-state index contributed by atoms with van der Waals surface area (Å²) in [7, 11) is 0. The summed E-state index contributed by atoms with van der Waals surface area (Å²) in [5, 5.41) is 14.1. The Bertz CT molecular complexity index is 919. The molecule has 1 aliphatic heterocycles. The monoisotopic (exact) mass is 356 g/mol. The largest absolute Gasteiger partial charge is 0.368 e. The molecule has 2 aromatic heterocycles. The highest BCUT2D eigenvalue weighted by Crippen LogP contribution is 2.32. The summed E-state index contributed by atoms with van der Waals surface area (Å²) in [6, 6.07) is 4.12. The SMILES string of the molecule is C=C(CC)n1cc(-n2ncc3cc(Cl)c(N4CCNCC4)cc32)cn1. The van der Waals surface area contributed by atoms with Crippen molar-refractivity contribution in [3.63, 3.8) is 0 Å². The van der Waals surface area contributed by atoms with E-state index in [-0.39, 0.29) is 0 Å². The fourth-order valence-electron chi connectivity index (χ4n) is 3.15. The lowest BCUT2D eigenvalue weighted by Gasteiger charge is -2.30. The number of nitrogens with one attached hydrogen (secondary N) is 1. The molecule has 130 valence electrons. The van der Waals surface area contributed by atoms with E-state index >= 15 is 0 Å². The molecule has 0 saturated carbocycles. The Labute approximate surface area is 151 Å². The summed E-state index contributed by atoms with van der Waals surface area (Å²) >= 11 is 6.53. The van der Waals surface area contributed by atoms with E-state index in [4.69, 9.17) is 11.6 Å². The first kappa shape index (κ1) is 16.2. The van der Waals surface area contributed by atoms with Crippen molar-refractivity contribution in [1.29, 1.82) is 0 Å². The molecule has 3 heterocycles. The molecule has 25 heavy (non-hydrogen) atoms. The number of benzene rings is 1. The number of halogens is 1. The lowest BCUT2D eigenvalue weighted by atomic mass is 10.2. The molecule has 0 unspecified atom stereocenters. The summed E-state index contributed by atoms with van der Waals surface area (Å²) in [6.45, 7) is 9.94. The molecule has 1 aliphatic rings. The van der Waals surface area contributed by atoms with Gasteiger partial charge in [-0.1, -0.05) is 25.1 Å². The summed E-state index contributed by atoms with van der Waals surface area (Å²) < 4.78 is 3.71. The average molecular weight is 357 g/mol. The highest BCUT2D eigenvalue weighted by atomic mass is 35.5. The van der Waals surface area contributed by atoms with Crippen LogP contribution in [-0.4, -0.2) is 45.7 Å². The maximum Gasteiger partial charge on any atom is 0.104 e. The summed E-state index contributed by atoms with van der Waals surface area (Å²) in [6.07, 6.45) is 6.46. The second kappa shape index (κ2) is 6.54. The van der Waals surface area contributed by atoms with Gasteiger partial charge in [-0.05, 0) is 18.6 Å². The first-order valence-corrected chi connectivity index (χ1v) is 8.91. The molecule has 3 aromatic rings. The van der Waals surface area contributed by atoms with E-state index in [2.05, 4.69) is 40.0 Å². The van der Waals surface area contributed by atoms with Gasteiger partial charge in [-0.2, -0.15) is 10.2 Å². The highest BCUT2D eigenvalue weighted by molar-refractivity contribution is 6.34. The number of piperazine rings is 1. The van der Waals surface area contributed by atoms with Crippen LogP contribution in [0.1, 0.15) is 13.3 Å². The molecule has 7 heteroatoms. The van der Waals surface area contributed by atoms with Crippen molar-refractivity contribution in [3.8, 4) is 5.69 Å². The molecule has 0 atom stereocenters. The van der Waals surface area contributed by atoms with Crippen LogP contribution in [0, 0.1) is 0 Å². The van der Waals surface area contributed by atoms with Gasteiger partial charge in [0.25, 0.3) is 0 Å². The number of nitrogens with zero attached hydrogens (tertiary/aromatic N) is 5. The normalized spacial score (nSPS) is 15.0. The van der Waals surface area contributed by atoms with Gasteiger partial charge >= 0.3 is 0 Å². The van der Waals surface area contributed by atoms with Gasteiger partial charge in [0.2, 0.25) is 0 Å². The van der Waals surface area contributed by atoms with E-state index in [1.807, 2.05) is 29.3 Å². The maximum atomic E-state index is 6.53. The number of hydrogen-bond acceptors (Lipinski definition) is 4. The third-order valence-corrected chi connectivity index (χ3v) is 4.94. The third kappa shape index (κ3) is 2.92. The fourth-order valence-corrected chi connectivity index (χ4v) is 3.44. The van der Waals surface area contributed by atoms with Gasteiger partial charge in [0, 0.05) is 37.3 Å². The molecule has 0 bridgehead atoms. The van der Waals surface area contributed by atoms with Gasteiger partial charge in [-0.25, -0.2) is 9.36 Å². The zero-order valence-electron chi connectivity index (χ0n) is 14.2. The van der Waals surface area contributed by atoms with Gasteiger partial charge in [-0.3, -0.25) is 0 Å². The highest BCUT2D eigenvalue weighted by Gasteiger charge is 2.17. The minimum absolute atomic E-state index is 0.768. The Hall–Kier alpha value is -2.31. The van der Waals surface area contributed by atoms with Crippen LogP contribution in [0.5, 0.6) is 0 Å². The van der Waals surface area contributed by atoms with Crippen molar-refractivity contribution in [2.45, 2.75) is 13.3 Å². The number of fused-ring (bicyclic) bond motifs is 1. The topological polar surface area (TPSA) is 50.9 Å². The zero-order chi connectivity index (χ0) is 17.4. The molecule has 6 nitrogen and oxygen atoms in total. The van der Waals surface area contributed by atoms with Crippen LogP contribution >= 0.6 is 11.6 Å². The molecule has 0 amide bonds. The second-order valence-electron chi connectivity index (χ2n) is 6.22. The molecular weight excluding hydrogens is 336 g/mol. The van der Waals surface area contributed by atoms with Gasteiger partial charge in [0.15, 0.2) is 0 Å². The number of aromatic nitrogens is 4. The molecule has 1 aromatic carbocycles. The van der Waals surface area contributed by atoms with Gasteiger partial charge < -0.3 is 10.2 Å². The summed E-state index contributed by atoms with van der Waals surface area (Å²) in [5.41, 5.74) is 3.95. The smallest absolute Gasteiger partial charge is 0.104 e. The zero-order valence-corrected chi connectivity index (χ0v) is 15.0. The Morgan fingerprint density at radius 3 is 2.80 bits per heavy atom. The Kier molecular flexibility index (Phi) is 4.23. The van der Waals surface area contributed by atoms with Crippen molar-refractivity contribution in [1.82, 2.24) is 24.9 Å². The fraction of sp³-hybridized carbons (Fsp3) is 0.333. The molecule has 1 fully saturated rings. The standard InChI is InChI=1S/C18H21ClN6/c1-3-13(2)24-12-15(11-21-24)25-17-9-18(23-6-4-20-5-7-23)16(19)8-14(17)10-22-25/h8-12,20H,2-7H2,1H3. The van der Waals surface area contributed by atoms with Crippen molar-refractivity contribution >= 4 is 33.9 Å². The third-order valence-electron chi connectivity index (χ3n) is 4.64. The molecular formula is C18H21ClN6. The Morgan fingerprint density at radius 1 is 1.24 bits per heavy atom. The van der Waals surface area contributed by atoms with Crippen LogP contribution < -0.4 is 10.2 Å². The van der Waals surface area contributed by atoms with Gasteiger partial charge in [0.05, 0.1) is 34.8 Å².